The first-order valence-electron chi connectivity index (χ1n) is 18.3. The van der Waals surface area contributed by atoms with Crippen LogP contribution in [-0.4, -0.2) is 74.9 Å². The highest BCUT2D eigenvalue weighted by molar-refractivity contribution is 7.47. The van der Waals surface area contributed by atoms with E-state index in [4.69, 9.17) is 18.5 Å². The van der Waals surface area contributed by atoms with Gasteiger partial charge in [0.25, 0.3) is 0 Å². The van der Waals surface area contributed by atoms with Crippen LogP contribution in [-0.2, 0) is 32.7 Å². The average Bonchev–Trinajstić information content (AvgIpc) is 2.97. The molecule has 0 aliphatic carbocycles. The van der Waals surface area contributed by atoms with E-state index in [-0.39, 0.29) is 26.1 Å². The van der Waals surface area contributed by atoms with Gasteiger partial charge < -0.3 is 18.9 Å². The Balaban J connectivity index is 4.05. The Hall–Kier alpha value is -0.990. The van der Waals surface area contributed by atoms with Crippen LogP contribution >= 0.6 is 7.82 Å². The molecule has 0 spiro atoms. The molecule has 0 radical (unpaired) electrons. The second-order valence-electron chi connectivity index (χ2n) is 13.6. The molecular formula is C35H71NO8P+. The number of ether oxygens (including phenoxy) is 2. The molecule has 0 aromatic heterocycles. The zero-order chi connectivity index (χ0) is 33.7. The number of carbonyl (C=O) groups is 2. The molecule has 0 aromatic rings. The Morgan fingerprint density at radius 2 is 1.02 bits per heavy atom. The first-order chi connectivity index (χ1) is 21.5. The van der Waals surface area contributed by atoms with Gasteiger partial charge in [-0.15, -0.1) is 0 Å². The lowest BCUT2D eigenvalue weighted by Gasteiger charge is -2.24. The SMILES string of the molecule is CCCCCCCCCCCCCCCCCCCCCC(=O)OC(COC(=O)CCCC)COP(=O)(O)OCC[N+](C)(C)C. The van der Waals surface area contributed by atoms with Crippen molar-refractivity contribution in [2.24, 2.45) is 0 Å². The summed E-state index contributed by atoms with van der Waals surface area (Å²) < 4.78 is 33.7. The second kappa shape index (κ2) is 29.2. The third-order valence-corrected chi connectivity index (χ3v) is 8.87. The summed E-state index contributed by atoms with van der Waals surface area (Å²) in [6, 6.07) is 0. The van der Waals surface area contributed by atoms with Crippen molar-refractivity contribution < 1.29 is 42.1 Å². The number of likely N-dealkylation sites (N-methyl/N-ethyl adjacent to an activating group) is 1. The first kappa shape index (κ1) is 44.0. The van der Waals surface area contributed by atoms with E-state index in [1.807, 2.05) is 28.1 Å². The molecule has 0 bridgehead atoms. The minimum absolute atomic E-state index is 0.0349. The number of quaternary nitrogens is 1. The van der Waals surface area contributed by atoms with Crippen LogP contribution in [0.2, 0.25) is 0 Å². The summed E-state index contributed by atoms with van der Waals surface area (Å²) in [7, 11) is 1.48. The van der Waals surface area contributed by atoms with Gasteiger partial charge in [-0.1, -0.05) is 136 Å². The molecule has 0 rings (SSSR count). The Morgan fingerprint density at radius 3 is 1.47 bits per heavy atom. The number of rotatable bonds is 33. The fourth-order valence-electron chi connectivity index (χ4n) is 4.93. The van der Waals surface area contributed by atoms with E-state index in [2.05, 4.69) is 6.92 Å². The monoisotopic (exact) mass is 664 g/mol. The van der Waals surface area contributed by atoms with E-state index in [0.717, 1.165) is 19.3 Å². The zero-order valence-corrected chi connectivity index (χ0v) is 30.8. The van der Waals surface area contributed by atoms with E-state index < -0.39 is 32.5 Å². The van der Waals surface area contributed by atoms with Crippen molar-refractivity contribution in [2.75, 3.05) is 47.5 Å². The quantitative estimate of drug-likeness (QED) is 0.0320. The van der Waals surface area contributed by atoms with Crippen molar-refractivity contribution in [1.82, 2.24) is 0 Å². The fraction of sp³-hybridized carbons (Fsp3) is 0.943. The van der Waals surface area contributed by atoms with Crippen molar-refractivity contribution in [3.05, 3.63) is 0 Å². The number of unbranched alkanes of at least 4 members (excludes halogenated alkanes) is 19. The van der Waals surface area contributed by atoms with E-state index in [1.165, 1.54) is 103 Å². The molecule has 10 heteroatoms. The molecule has 0 saturated carbocycles. The van der Waals surface area contributed by atoms with Gasteiger partial charge in [-0.2, -0.15) is 0 Å². The zero-order valence-electron chi connectivity index (χ0n) is 29.9. The first-order valence-corrected chi connectivity index (χ1v) is 19.8. The van der Waals surface area contributed by atoms with Gasteiger partial charge in [0.05, 0.1) is 27.7 Å². The molecule has 2 unspecified atom stereocenters. The summed E-state index contributed by atoms with van der Waals surface area (Å²) in [5.41, 5.74) is 0. The summed E-state index contributed by atoms with van der Waals surface area (Å²) in [6.07, 6.45) is 25.5. The molecule has 0 saturated heterocycles. The summed E-state index contributed by atoms with van der Waals surface area (Å²) in [4.78, 5) is 34.5. The standard InChI is InChI=1S/C35H70NO8P/c1-6-8-10-11-12-13-14-15-16-17-18-19-20-21-22-23-24-25-26-28-35(38)44-33(31-41-34(37)27-9-7-2)32-43-45(39,40)42-30-29-36(3,4)5/h33H,6-32H2,1-5H3/p+1. The average molecular weight is 665 g/mol. The van der Waals surface area contributed by atoms with Gasteiger partial charge in [-0.25, -0.2) is 4.57 Å². The molecule has 0 aliphatic heterocycles. The molecule has 0 aromatic carbocycles. The van der Waals surface area contributed by atoms with Gasteiger partial charge in [0.2, 0.25) is 0 Å². The molecule has 2 atom stereocenters. The highest BCUT2D eigenvalue weighted by Crippen LogP contribution is 2.43. The van der Waals surface area contributed by atoms with Crippen molar-refractivity contribution >= 4 is 19.8 Å². The summed E-state index contributed by atoms with van der Waals surface area (Å²) in [5.74, 6) is -0.831. The van der Waals surface area contributed by atoms with E-state index in [0.29, 0.717) is 23.9 Å². The normalized spacial score (nSPS) is 13.8. The number of phosphoric acid groups is 1. The largest absolute Gasteiger partial charge is 0.472 e. The maximum atomic E-state index is 12.5. The molecule has 0 aliphatic rings. The van der Waals surface area contributed by atoms with Crippen LogP contribution in [0.1, 0.15) is 162 Å². The van der Waals surface area contributed by atoms with Crippen LogP contribution in [0.5, 0.6) is 0 Å². The van der Waals surface area contributed by atoms with Crippen molar-refractivity contribution in [2.45, 2.75) is 168 Å². The van der Waals surface area contributed by atoms with Crippen LogP contribution in [0, 0.1) is 0 Å². The third kappa shape index (κ3) is 32.7. The van der Waals surface area contributed by atoms with Gasteiger partial charge in [-0.05, 0) is 12.8 Å². The lowest BCUT2D eigenvalue weighted by Crippen LogP contribution is -2.37. The molecular weight excluding hydrogens is 593 g/mol. The summed E-state index contributed by atoms with van der Waals surface area (Å²) in [6.45, 7) is 4.17. The number of nitrogens with zero attached hydrogens (tertiary/aromatic N) is 1. The maximum absolute atomic E-state index is 12.5. The predicted octanol–water partition coefficient (Wildman–Crippen LogP) is 9.29. The van der Waals surface area contributed by atoms with Crippen LogP contribution < -0.4 is 0 Å². The lowest BCUT2D eigenvalue weighted by molar-refractivity contribution is -0.870. The Labute approximate surface area is 276 Å². The molecule has 9 nitrogen and oxygen atoms in total. The number of phosphoric ester groups is 1. The van der Waals surface area contributed by atoms with Crippen LogP contribution in [0.4, 0.5) is 0 Å². The van der Waals surface area contributed by atoms with Gasteiger partial charge in [0.1, 0.15) is 19.8 Å². The fourth-order valence-corrected chi connectivity index (χ4v) is 5.67. The van der Waals surface area contributed by atoms with Crippen molar-refractivity contribution in [3.8, 4) is 0 Å². The van der Waals surface area contributed by atoms with E-state index in [9.17, 15) is 19.0 Å². The third-order valence-electron chi connectivity index (χ3n) is 7.89. The minimum atomic E-state index is -4.34. The van der Waals surface area contributed by atoms with Crippen molar-refractivity contribution in [3.63, 3.8) is 0 Å². The van der Waals surface area contributed by atoms with Gasteiger partial charge in [0.15, 0.2) is 6.10 Å². The van der Waals surface area contributed by atoms with Gasteiger partial charge in [0, 0.05) is 12.8 Å². The molecule has 45 heavy (non-hydrogen) atoms. The Morgan fingerprint density at radius 1 is 0.600 bits per heavy atom. The Bertz CT molecular complexity index is 758. The van der Waals surface area contributed by atoms with Crippen LogP contribution in [0.15, 0.2) is 0 Å². The summed E-state index contributed by atoms with van der Waals surface area (Å²) >= 11 is 0. The molecule has 0 heterocycles. The van der Waals surface area contributed by atoms with Gasteiger partial charge >= 0.3 is 19.8 Å². The van der Waals surface area contributed by atoms with E-state index in [1.54, 1.807) is 0 Å². The molecule has 1 N–H and O–H groups in total. The predicted molar refractivity (Wildman–Crippen MR) is 183 cm³/mol. The van der Waals surface area contributed by atoms with Crippen LogP contribution in [0.25, 0.3) is 0 Å². The number of hydrogen-bond acceptors (Lipinski definition) is 7. The molecule has 0 amide bonds. The van der Waals surface area contributed by atoms with Crippen LogP contribution in [0.3, 0.4) is 0 Å². The number of esters is 2. The molecule has 268 valence electrons. The highest BCUT2D eigenvalue weighted by Gasteiger charge is 2.27. The number of hydrogen-bond donors (Lipinski definition) is 1. The minimum Gasteiger partial charge on any atom is -0.462 e. The maximum Gasteiger partial charge on any atom is 0.472 e. The highest BCUT2D eigenvalue weighted by atomic mass is 31.2. The molecule has 0 fully saturated rings. The second-order valence-corrected chi connectivity index (χ2v) is 15.1. The lowest BCUT2D eigenvalue weighted by atomic mass is 10.0. The number of carbonyl (C=O) groups excluding carboxylic acids is 2. The smallest absolute Gasteiger partial charge is 0.462 e. The summed E-state index contributed by atoms with van der Waals surface area (Å²) in [5, 5.41) is 0. The van der Waals surface area contributed by atoms with E-state index >= 15 is 0 Å². The van der Waals surface area contributed by atoms with Crippen molar-refractivity contribution in [1.29, 1.82) is 0 Å². The van der Waals surface area contributed by atoms with Gasteiger partial charge in [-0.3, -0.25) is 18.6 Å². The Kier molecular flexibility index (Phi) is 28.5. The topological polar surface area (TPSA) is 108 Å².